The summed E-state index contributed by atoms with van der Waals surface area (Å²) >= 11 is 0. The number of carbonyl (C=O) groups is 1. The highest BCUT2D eigenvalue weighted by Crippen LogP contribution is 2.28. The van der Waals surface area contributed by atoms with Gasteiger partial charge in [-0.15, -0.1) is 0 Å². The van der Waals surface area contributed by atoms with Gasteiger partial charge in [-0.2, -0.15) is 0 Å². The molecule has 1 fully saturated rings. The van der Waals surface area contributed by atoms with Crippen LogP contribution in [0.5, 0.6) is 5.75 Å². The SMILES string of the molecule is COc1ccc2nccc(C(O)CN3CCCC(COC(=O)NC(C)(C)C)C3)c2c1. The van der Waals surface area contributed by atoms with Gasteiger partial charge in [-0.3, -0.25) is 4.98 Å². The Morgan fingerprint density at radius 1 is 1.37 bits per heavy atom. The fourth-order valence-electron chi connectivity index (χ4n) is 3.90. The van der Waals surface area contributed by atoms with Gasteiger partial charge in [-0.25, -0.2) is 4.79 Å². The quantitative estimate of drug-likeness (QED) is 0.751. The van der Waals surface area contributed by atoms with E-state index in [2.05, 4.69) is 15.2 Å². The second-order valence-electron chi connectivity index (χ2n) is 9.04. The predicted molar refractivity (Wildman–Crippen MR) is 117 cm³/mol. The molecule has 7 nitrogen and oxygen atoms in total. The van der Waals surface area contributed by atoms with Crippen LogP contribution in [-0.2, 0) is 4.74 Å². The van der Waals surface area contributed by atoms with Gasteiger partial charge in [0, 0.05) is 36.1 Å². The summed E-state index contributed by atoms with van der Waals surface area (Å²) < 4.78 is 10.7. The normalized spacial score (nSPS) is 18.8. The molecule has 2 atom stereocenters. The number of nitrogens with one attached hydrogen (secondary N) is 1. The maximum Gasteiger partial charge on any atom is 0.407 e. The first kappa shape index (κ1) is 22.3. The average Bonchev–Trinajstić information content (AvgIpc) is 2.70. The molecule has 2 heterocycles. The van der Waals surface area contributed by atoms with E-state index in [0.717, 1.165) is 48.1 Å². The number of aromatic nitrogens is 1. The van der Waals surface area contributed by atoms with Crippen molar-refractivity contribution in [3.8, 4) is 5.75 Å². The molecule has 1 aromatic carbocycles. The zero-order valence-corrected chi connectivity index (χ0v) is 18.4. The van der Waals surface area contributed by atoms with E-state index in [1.54, 1.807) is 13.3 Å². The summed E-state index contributed by atoms with van der Waals surface area (Å²) in [5, 5.41) is 14.7. The van der Waals surface area contributed by atoms with Gasteiger partial charge in [-0.1, -0.05) is 0 Å². The molecular weight excluding hydrogens is 382 g/mol. The lowest BCUT2D eigenvalue weighted by atomic mass is 9.97. The number of fused-ring (bicyclic) bond motifs is 1. The minimum Gasteiger partial charge on any atom is -0.497 e. The monoisotopic (exact) mass is 415 g/mol. The molecule has 7 heteroatoms. The first-order valence-corrected chi connectivity index (χ1v) is 10.5. The number of aliphatic hydroxyl groups is 1. The number of methoxy groups -OCH3 is 1. The molecule has 0 bridgehead atoms. The fourth-order valence-corrected chi connectivity index (χ4v) is 3.90. The number of rotatable bonds is 6. The van der Waals surface area contributed by atoms with Gasteiger partial charge in [0.25, 0.3) is 0 Å². The molecule has 2 aromatic rings. The van der Waals surface area contributed by atoms with Crippen LogP contribution in [0.1, 0.15) is 45.3 Å². The van der Waals surface area contributed by atoms with Crippen LogP contribution in [0.15, 0.2) is 30.5 Å². The van der Waals surface area contributed by atoms with Crippen molar-refractivity contribution < 1.29 is 19.4 Å². The number of amides is 1. The number of aliphatic hydroxyl groups excluding tert-OH is 1. The minimum atomic E-state index is -0.633. The van der Waals surface area contributed by atoms with E-state index in [1.807, 2.05) is 45.0 Å². The second kappa shape index (κ2) is 9.62. The van der Waals surface area contributed by atoms with Crippen molar-refractivity contribution in [1.82, 2.24) is 15.2 Å². The Morgan fingerprint density at radius 2 is 2.17 bits per heavy atom. The summed E-state index contributed by atoms with van der Waals surface area (Å²) in [6.07, 6.45) is 2.76. The molecule has 1 amide bonds. The van der Waals surface area contributed by atoms with Crippen molar-refractivity contribution in [2.75, 3.05) is 33.4 Å². The lowest BCUT2D eigenvalue weighted by molar-refractivity contribution is 0.0576. The molecule has 2 unspecified atom stereocenters. The van der Waals surface area contributed by atoms with Crippen molar-refractivity contribution in [2.24, 2.45) is 5.92 Å². The molecule has 1 aromatic heterocycles. The smallest absolute Gasteiger partial charge is 0.407 e. The molecule has 0 saturated carbocycles. The van der Waals surface area contributed by atoms with E-state index in [9.17, 15) is 9.90 Å². The van der Waals surface area contributed by atoms with E-state index in [-0.39, 0.29) is 17.6 Å². The molecular formula is C23H33N3O4. The molecule has 0 spiro atoms. The summed E-state index contributed by atoms with van der Waals surface area (Å²) in [4.78, 5) is 18.6. The zero-order chi connectivity index (χ0) is 21.7. The molecule has 1 aliphatic heterocycles. The summed E-state index contributed by atoms with van der Waals surface area (Å²) in [7, 11) is 1.63. The minimum absolute atomic E-state index is 0.269. The van der Waals surface area contributed by atoms with Crippen LogP contribution in [0.3, 0.4) is 0 Å². The van der Waals surface area contributed by atoms with Crippen LogP contribution < -0.4 is 10.1 Å². The lowest BCUT2D eigenvalue weighted by Gasteiger charge is -2.34. The topological polar surface area (TPSA) is 83.9 Å². The Balaban J connectivity index is 1.60. The maximum absolute atomic E-state index is 11.9. The number of likely N-dealkylation sites (tertiary alicyclic amines) is 1. The Kier molecular flexibility index (Phi) is 7.15. The number of benzene rings is 1. The van der Waals surface area contributed by atoms with Crippen LogP contribution in [0.4, 0.5) is 4.79 Å². The van der Waals surface area contributed by atoms with Crippen molar-refractivity contribution in [3.05, 3.63) is 36.0 Å². The van der Waals surface area contributed by atoms with Gasteiger partial charge in [0.1, 0.15) is 5.75 Å². The van der Waals surface area contributed by atoms with E-state index in [1.165, 1.54) is 0 Å². The van der Waals surface area contributed by atoms with Crippen LogP contribution >= 0.6 is 0 Å². The van der Waals surface area contributed by atoms with Crippen molar-refractivity contribution in [2.45, 2.75) is 45.3 Å². The van der Waals surface area contributed by atoms with E-state index in [4.69, 9.17) is 9.47 Å². The number of piperidine rings is 1. The molecule has 0 aliphatic carbocycles. The van der Waals surface area contributed by atoms with E-state index >= 15 is 0 Å². The number of hydrogen-bond acceptors (Lipinski definition) is 6. The van der Waals surface area contributed by atoms with E-state index < -0.39 is 6.10 Å². The summed E-state index contributed by atoms with van der Waals surface area (Å²) in [5.74, 6) is 1.01. The molecule has 2 N–H and O–H groups in total. The predicted octanol–water partition coefficient (Wildman–Crippen LogP) is 3.51. The zero-order valence-electron chi connectivity index (χ0n) is 18.4. The van der Waals surface area contributed by atoms with Crippen molar-refractivity contribution in [1.29, 1.82) is 0 Å². The Labute approximate surface area is 178 Å². The van der Waals surface area contributed by atoms with Gasteiger partial charge < -0.3 is 24.8 Å². The first-order chi connectivity index (χ1) is 14.2. The highest BCUT2D eigenvalue weighted by atomic mass is 16.5. The van der Waals surface area contributed by atoms with Crippen LogP contribution in [0.25, 0.3) is 10.9 Å². The van der Waals surface area contributed by atoms with Gasteiger partial charge in [0.2, 0.25) is 0 Å². The highest BCUT2D eigenvalue weighted by Gasteiger charge is 2.25. The van der Waals surface area contributed by atoms with Crippen molar-refractivity contribution in [3.63, 3.8) is 0 Å². The number of β-amino-alcohol motifs (C(OH)–C–C–N with tert-alkyl or cyclic N) is 1. The molecule has 0 radical (unpaired) electrons. The third kappa shape index (κ3) is 6.06. The number of carbonyl (C=O) groups excluding carboxylic acids is 1. The van der Waals surface area contributed by atoms with Crippen LogP contribution in [0, 0.1) is 5.92 Å². The van der Waals surface area contributed by atoms with Gasteiger partial charge in [-0.05, 0) is 70.0 Å². The van der Waals surface area contributed by atoms with Gasteiger partial charge in [0.15, 0.2) is 0 Å². The average molecular weight is 416 g/mol. The summed E-state index contributed by atoms with van der Waals surface area (Å²) in [6.45, 7) is 8.42. The van der Waals surface area contributed by atoms with E-state index in [0.29, 0.717) is 13.2 Å². The maximum atomic E-state index is 11.9. The largest absolute Gasteiger partial charge is 0.497 e. The number of ether oxygens (including phenoxy) is 2. The third-order valence-electron chi connectivity index (χ3n) is 5.30. The van der Waals surface area contributed by atoms with Crippen LogP contribution in [0.2, 0.25) is 0 Å². The van der Waals surface area contributed by atoms with Crippen LogP contribution in [-0.4, -0.2) is 60.0 Å². The molecule has 30 heavy (non-hydrogen) atoms. The molecule has 1 aliphatic rings. The Hall–Kier alpha value is -2.38. The summed E-state index contributed by atoms with van der Waals surface area (Å²) in [5.41, 5.74) is 1.37. The Morgan fingerprint density at radius 3 is 2.90 bits per heavy atom. The molecule has 1 saturated heterocycles. The lowest BCUT2D eigenvalue weighted by Crippen LogP contribution is -2.43. The van der Waals surface area contributed by atoms with Crippen molar-refractivity contribution >= 4 is 17.0 Å². The van der Waals surface area contributed by atoms with Gasteiger partial charge in [0.05, 0.1) is 25.3 Å². The highest BCUT2D eigenvalue weighted by molar-refractivity contribution is 5.83. The first-order valence-electron chi connectivity index (χ1n) is 10.5. The Bertz CT molecular complexity index is 865. The summed E-state index contributed by atoms with van der Waals surface area (Å²) in [6, 6.07) is 7.56. The third-order valence-corrected chi connectivity index (χ3v) is 5.30. The number of nitrogens with zero attached hydrogens (tertiary/aromatic N) is 2. The fraction of sp³-hybridized carbons (Fsp3) is 0.565. The number of pyridine rings is 1. The number of alkyl carbamates (subject to hydrolysis) is 1. The molecule has 164 valence electrons. The van der Waals surface area contributed by atoms with Gasteiger partial charge >= 0.3 is 6.09 Å². The number of hydrogen-bond donors (Lipinski definition) is 2. The molecule has 3 rings (SSSR count). The second-order valence-corrected chi connectivity index (χ2v) is 9.04. The standard InChI is InChI=1S/C23H33N3O4/c1-23(2,3)25-22(28)30-15-16-6-5-11-26(13-16)14-21(27)18-9-10-24-20-8-7-17(29-4)12-19(18)20/h7-10,12,16,21,27H,5-6,11,13-15H2,1-4H3,(H,25,28).